The van der Waals surface area contributed by atoms with Gasteiger partial charge in [0, 0.05) is 32.0 Å². The fourth-order valence-electron chi connectivity index (χ4n) is 4.49. The highest BCUT2D eigenvalue weighted by Crippen LogP contribution is 2.32. The van der Waals surface area contributed by atoms with Crippen LogP contribution in [0.25, 0.3) is 5.65 Å². The number of aliphatic hydroxyl groups is 1. The van der Waals surface area contributed by atoms with E-state index in [9.17, 15) is 9.90 Å². The number of piperidine rings is 1. The molecule has 1 saturated heterocycles. The number of likely N-dealkylation sites (tertiary alicyclic amines) is 1. The summed E-state index contributed by atoms with van der Waals surface area (Å²) >= 11 is 3.41. The molecule has 5 rings (SSSR count). The summed E-state index contributed by atoms with van der Waals surface area (Å²) < 4.78 is 2.42. The Balaban J connectivity index is 1.36. The lowest BCUT2D eigenvalue weighted by molar-refractivity contribution is -0.0140. The third-order valence-corrected chi connectivity index (χ3v) is 6.67. The number of halogens is 1. The third kappa shape index (κ3) is 3.15. The van der Waals surface area contributed by atoms with Crippen molar-refractivity contribution in [3.63, 3.8) is 0 Å². The number of aryl methyl sites for hydroxylation is 1. The molecule has 29 heavy (non-hydrogen) atoms. The highest BCUT2D eigenvalue weighted by atomic mass is 79.9. The number of hydrogen-bond acceptors (Lipinski definition) is 5. The van der Waals surface area contributed by atoms with Gasteiger partial charge in [0.15, 0.2) is 5.65 Å². The number of benzene rings is 1. The van der Waals surface area contributed by atoms with Crippen molar-refractivity contribution >= 4 is 27.5 Å². The summed E-state index contributed by atoms with van der Waals surface area (Å²) in [4.78, 5) is 23.6. The monoisotopic (exact) mass is 455 g/mol. The summed E-state index contributed by atoms with van der Waals surface area (Å²) in [6.07, 6.45) is 4.40. The molecule has 1 aromatic carbocycles. The molecule has 3 aromatic rings. The van der Waals surface area contributed by atoms with E-state index in [1.54, 1.807) is 15.5 Å². The van der Waals surface area contributed by atoms with Crippen molar-refractivity contribution in [1.82, 2.24) is 24.6 Å². The van der Waals surface area contributed by atoms with Crippen LogP contribution >= 0.6 is 15.9 Å². The van der Waals surface area contributed by atoms with Gasteiger partial charge in [-0.25, -0.2) is 9.97 Å². The Labute approximate surface area is 176 Å². The first kappa shape index (κ1) is 18.7. The second-order valence-electron chi connectivity index (χ2n) is 8.00. The summed E-state index contributed by atoms with van der Waals surface area (Å²) in [7, 11) is 0. The molecular weight excluding hydrogens is 434 g/mol. The number of amides is 1. The fourth-order valence-corrected chi connectivity index (χ4v) is 5.07. The summed E-state index contributed by atoms with van der Waals surface area (Å²) in [5, 5.41) is 14.5. The van der Waals surface area contributed by atoms with Gasteiger partial charge in [0.2, 0.25) is 0 Å². The van der Waals surface area contributed by atoms with Crippen LogP contribution in [0, 0.1) is 6.92 Å². The van der Waals surface area contributed by atoms with Crippen molar-refractivity contribution in [3.8, 4) is 0 Å². The number of β-amino-alcohol motifs (C(OH)–C–C–N with tert-alkyl or cyclic N) is 1. The van der Waals surface area contributed by atoms with Gasteiger partial charge in [-0.05, 0) is 46.8 Å². The number of nitrogens with one attached hydrogen (secondary N) is 1. The molecule has 0 aliphatic carbocycles. The maximum absolute atomic E-state index is 13.1. The summed E-state index contributed by atoms with van der Waals surface area (Å²) in [5.74, 6) is -0.164. The Kier molecular flexibility index (Phi) is 4.45. The van der Waals surface area contributed by atoms with Gasteiger partial charge in [-0.15, -0.1) is 0 Å². The number of hydrogen-bond donors (Lipinski definition) is 2. The Morgan fingerprint density at radius 3 is 2.86 bits per heavy atom. The molecule has 2 N–H and O–H groups in total. The lowest BCUT2D eigenvalue weighted by Gasteiger charge is -2.48. The molecule has 0 radical (unpaired) electrons. The maximum Gasteiger partial charge on any atom is 0.274 e. The lowest BCUT2D eigenvalue weighted by atomic mass is 9.76. The molecule has 150 valence electrons. The van der Waals surface area contributed by atoms with Crippen LogP contribution in [0.2, 0.25) is 0 Å². The van der Waals surface area contributed by atoms with Crippen LogP contribution in [0.1, 0.15) is 33.7 Å². The van der Waals surface area contributed by atoms with Gasteiger partial charge in [-0.3, -0.25) is 4.79 Å². The minimum absolute atomic E-state index is 0.164. The average Bonchev–Trinajstić information content (AvgIpc) is 3.14. The van der Waals surface area contributed by atoms with Gasteiger partial charge in [0.05, 0.1) is 17.3 Å². The summed E-state index contributed by atoms with van der Waals surface area (Å²) in [6, 6.07) is 8.34. The van der Waals surface area contributed by atoms with Gasteiger partial charge in [0.1, 0.15) is 10.3 Å². The molecule has 0 unspecified atom stereocenters. The summed E-state index contributed by atoms with van der Waals surface area (Å²) in [5.41, 5.74) is 3.98. The Bertz CT molecular complexity index is 1110. The van der Waals surface area contributed by atoms with Crippen LogP contribution in [0.3, 0.4) is 0 Å². The highest BCUT2D eigenvalue weighted by molar-refractivity contribution is 9.10. The van der Waals surface area contributed by atoms with Crippen LogP contribution in [0.5, 0.6) is 0 Å². The van der Waals surface area contributed by atoms with Crippen LogP contribution in [-0.4, -0.2) is 55.0 Å². The minimum atomic E-state index is -0.638. The first-order valence-electron chi connectivity index (χ1n) is 9.76. The molecule has 1 fully saturated rings. The number of imidazole rings is 1. The number of carbonyl (C=O) groups is 1. The van der Waals surface area contributed by atoms with Crippen molar-refractivity contribution in [1.29, 1.82) is 0 Å². The van der Waals surface area contributed by atoms with Crippen molar-refractivity contribution in [2.75, 3.05) is 13.1 Å². The molecule has 4 heterocycles. The molecule has 2 aromatic heterocycles. The van der Waals surface area contributed by atoms with Crippen molar-refractivity contribution in [2.45, 2.75) is 38.0 Å². The van der Waals surface area contributed by atoms with E-state index in [0.29, 0.717) is 35.5 Å². The van der Waals surface area contributed by atoms with Crippen LogP contribution in [0.15, 0.2) is 41.3 Å². The predicted octanol–water partition coefficient (Wildman–Crippen LogP) is 2.09. The lowest BCUT2D eigenvalue weighted by Crippen LogP contribution is -2.65. The van der Waals surface area contributed by atoms with Crippen LogP contribution in [-0.2, 0) is 13.0 Å². The van der Waals surface area contributed by atoms with Gasteiger partial charge in [0.25, 0.3) is 5.91 Å². The second kappa shape index (κ2) is 6.90. The van der Waals surface area contributed by atoms with E-state index in [2.05, 4.69) is 43.3 Å². The van der Waals surface area contributed by atoms with Gasteiger partial charge < -0.3 is 19.7 Å². The van der Waals surface area contributed by atoms with Crippen molar-refractivity contribution in [2.24, 2.45) is 0 Å². The zero-order valence-electron chi connectivity index (χ0n) is 16.1. The van der Waals surface area contributed by atoms with E-state index in [1.807, 2.05) is 25.3 Å². The molecule has 2 aliphatic rings. The topological polar surface area (TPSA) is 82.8 Å². The zero-order chi connectivity index (χ0) is 20.2. The van der Waals surface area contributed by atoms with E-state index in [1.165, 1.54) is 11.1 Å². The number of aliphatic hydroxyl groups excluding tert-OH is 1. The molecule has 8 heteroatoms. The minimum Gasteiger partial charge on any atom is -0.389 e. The predicted molar refractivity (Wildman–Crippen MR) is 112 cm³/mol. The second-order valence-corrected chi connectivity index (χ2v) is 8.75. The normalized spacial score (nSPS) is 24.1. The van der Waals surface area contributed by atoms with E-state index in [-0.39, 0.29) is 11.4 Å². The molecule has 1 amide bonds. The summed E-state index contributed by atoms with van der Waals surface area (Å²) in [6.45, 7) is 3.51. The van der Waals surface area contributed by atoms with Crippen molar-refractivity contribution < 1.29 is 9.90 Å². The van der Waals surface area contributed by atoms with E-state index >= 15 is 0 Å². The van der Waals surface area contributed by atoms with Crippen molar-refractivity contribution in [3.05, 3.63) is 63.8 Å². The quantitative estimate of drug-likeness (QED) is 0.586. The zero-order valence-corrected chi connectivity index (χ0v) is 17.7. The smallest absolute Gasteiger partial charge is 0.274 e. The van der Waals surface area contributed by atoms with Crippen LogP contribution in [0.4, 0.5) is 0 Å². The first-order valence-corrected chi connectivity index (χ1v) is 10.6. The fraction of sp³-hybridized carbons (Fsp3) is 0.381. The Hall–Kier alpha value is -2.29. The first-order chi connectivity index (χ1) is 13.9. The van der Waals surface area contributed by atoms with Gasteiger partial charge >= 0.3 is 0 Å². The van der Waals surface area contributed by atoms with Gasteiger partial charge in [-0.1, -0.05) is 24.3 Å². The van der Waals surface area contributed by atoms with E-state index in [4.69, 9.17) is 0 Å². The van der Waals surface area contributed by atoms with E-state index < -0.39 is 6.10 Å². The number of carbonyl (C=O) groups excluding carboxylic acids is 1. The van der Waals surface area contributed by atoms with Crippen LogP contribution < -0.4 is 5.32 Å². The van der Waals surface area contributed by atoms with E-state index in [0.717, 1.165) is 18.7 Å². The SMILES string of the molecule is Cc1cn2cc(C(=O)N3CC[C@]4(Cc5ccccc5CN4)[C@H](O)C3)nc2c(Br)n1. The molecule has 2 atom stereocenters. The molecule has 0 saturated carbocycles. The number of rotatable bonds is 1. The average molecular weight is 456 g/mol. The molecule has 0 bridgehead atoms. The Morgan fingerprint density at radius 1 is 1.28 bits per heavy atom. The number of aromatic nitrogens is 3. The molecular formula is C21H22BrN5O2. The third-order valence-electron chi connectivity index (χ3n) is 6.14. The largest absolute Gasteiger partial charge is 0.389 e. The molecule has 1 spiro atoms. The molecule has 7 nitrogen and oxygen atoms in total. The standard InChI is InChI=1S/C21H22BrN5O2/c1-13-10-27-11-16(25-19(27)18(22)24-13)20(29)26-7-6-21(17(28)12-26)8-14-4-2-3-5-15(14)9-23-21/h2-5,10-11,17,23,28H,6-9,12H2,1H3/t17-,21+/m1/s1. The Morgan fingerprint density at radius 2 is 2.07 bits per heavy atom. The highest BCUT2D eigenvalue weighted by Gasteiger charge is 2.45. The maximum atomic E-state index is 13.1. The van der Waals surface area contributed by atoms with Gasteiger partial charge in [-0.2, -0.15) is 0 Å². The number of nitrogens with zero attached hydrogens (tertiary/aromatic N) is 4. The molecule has 2 aliphatic heterocycles. The number of fused-ring (bicyclic) bond motifs is 2.